The van der Waals surface area contributed by atoms with E-state index in [1.807, 2.05) is 12.1 Å². The molecule has 0 radical (unpaired) electrons. The normalized spacial score (nSPS) is 18.3. The molecular weight excluding hydrogens is 342 g/mol. The first-order chi connectivity index (χ1) is 13.2. The number of benzene rings is 1. The van der Waals surface area contributed by atoms with Crippen molar-refractivity contribution >= 4 is 5.96 Å². The number of methoxy groups -OCH3 is 1. The van der Waals surface area contributed by atoms with E-state index in [1.165, 1.54) is 5.56 Å². The first-order valence-corrected chi connectivity index (χ1v) is 9.97. The average molecular weight is 378 g/mol. The van der Waals surface area contributed by atoms with E-state index in [0.717, 1.165) is 70.5 Å². The zero-order valence-corrected chi connectivity index (χ0v) is 17.0. The number of guanidine groups is 1. The lowest BCUT2D eigenvalue weighted by atomic mass is 9.98. The van der Waals surface area contributed by atoms with Gasteiger partial charge in [-0.05, 0) is 42.9 Å². The molecule has 2 N–H and O–H groups in total. The van der Waals surface area contributed by atoms with Crippen molar-refractivity contribution in [3.63, 3.8) is 0 Å². The number of hydrogen-bond donors (Lipinski definition) is 2. The van der Waals surface area contributed by atoms with Crippen LogP contribution in [0.2, 0.25) is 0 Å². The Morgan fingerprint density at radius 1 is 1.26 bits per heavy atom. The predicted molar refractivity (Wildman–Crippen MR) is 110 cm³/mol. The minimum absolute atomic E-state index is 0.481. The lowest BCUT2D eigenvalue weighted by Gasteiger charge is -2.15. The highest BCUT2D eigenvalue weighted by atomic mass is 16.5. The minimum Gasteiger partial charge on any atom is -0.497 e. The third kappa shape index (κ3) is 8.18. The summed E-state index contributed by atoms with van der Waals surface area (Å²) in [4.78, 5) is 4.28. The van der Waals surface area contributed by atoms with Crippen LogP contribution in [0.4, 0.5) is 0 Å². The van der Waals surface area contributed by atoms with Gasteiger partial charge in [-0.1, -0.05) is 19.1 Å². The summed E-state index contributed by atoms with van der Waals surface area (Å²) in [5.41, 5.74) is 1.32. The molecule has 1 saturated heterocycles. The van der Waals surface area contributed by atoms with Crippen LogP contribution in [-0.2, 0) is 9.47 Å². The van der Waals surface area contributed by atoms with Gasteiger partial charge in [0.25, 0.3) is 0 Å². The Hall–Kier alpha value is -1.79. The van der Waals surface area contributed by atoms with Crippen molar-refractivity contribution < 1.29 is 14.2 Å². The van der Waals surface area contributed by atoms with E-state index >= 15 is 0 Å². The molecule has 1 aromatic carbocycles. The molecule has 27 heavy (non-hydrogen) atoms. The highest BCUT2D eigenvalue weighted by molar-refractivity contribution is 5.79. The van der Waals surface area contributed by atoms with Crippen LogP contribution in [-0.4, -0.2) is 59.6 Å². The van der Waals surface area contributed by atoms with Crippen molar-refractivity contribution in [1.29, 1.82) is 0 Å². The summed E-state index contributed by atoms with van der Waals surface area (Å²) >= 11 is 0. The van der Waals surface area contributed by atoms with Crippen LogP contribution in [0, 0.1) is 5.92 Å². The van der Waals surface area contributed by atoms with E-state index in [2.05, 4.69) is 34.7 Å². The van der Waals surface area contributed by atoms with Crippen molar-refractivity contribution in [1.82, 2.24) is 10.6 Å². The summed E-state index contributed by atoms with van der Waals surface area (Å²) in [6, 6.07) is 8.30. The standard InChI is InChI=1S/C21H35N3O3/c1-17(19-5-7-20(25-3)8-6-19)9-12-24-21(22-2)23-11-4-13-26-15-18-10-14-27-16-18/h5-8,17-18H,4,9-16H2,1-3H3,(H2,22,23,24). The number of ether oxygens (including phenoxy) is 3. The fourth-order valence-corrected chi connectivity index (χ4v) is 3.07. The number of aliphatic imine (C=N–C) groups is 1. The lowest BCUT2D eigenvalue weighted by Crippen LogP contribution is -2.38. The molecule has 1 aromatic rings. The van der Waals surface area contributed by atoms with Gasteiger partial charge >= 0.3 is 0 Å². The zero-order valence-electron chi connectivity index (χ0n) is 17.0. The van der Waals surface area contributed by atoms with Crippen LogP contribution in [0.15, 0.2) is 29.3 Å². The van der Waals surface area contributed by atoms with Crippen LogP contribution in [0.25, 0.3) is 0 Å². The number of hydrogen-bond acceptors (Lipinski definition) is 4. The van der Waals surface area contributed by atoms with Crippen LogP contribution in [0.3, 0.4) is 0 Å². The largest absolute Gasteiger partial charge is 0.497 e. The quantitative estimate of drug-likeness (QED) is 0.353. The van der Waals surface area contributed by atoms with Gasteiger partial charge in [-0.2, -0.15) is 0 Å². The minimum atomic E-state index is 0.481. The lowest BCUT2D eigenvalue weighted by molar-refractivity contribution is 0.0888. The molecule has 6 heteroatoms. The highest BCUT2D eigenvalue weighted by Crippen LogP contribution is 2.21. The summed E-state index contributed by atoms with van der Waals surface area (Å²) in [6.45, 7) is 7.30. The molecule has 2 rings (SSSR count). The van der Waals surface area contributed by atoms with E-state index in [1.54, 1.807) is 14.2 Å². The van der Waals surface area contributed by atoms with Gasteiger partial charge < -0.3 is 24.8 Å². The van der Waals surface area contributed by atoms with E-state index in [0.29, 0.717) is 11.8 Å². The van der Waals surface area contributed by atoms with Gasteiger partial charge in [-0.25, -0.2) is 0 Å². The molecule has 0 aromatic heterocycles. The maximum absolute atomic E-state index is 5.72. The Morgan fingerprint density at radius 3 is 2.70 bits per heavy atom. The Bertz CT molecular complexity index is 542. The van der Waals surface area contributed by atoms with Crippen molar-refractivity contribution in [3.8, 4) is 5.75 Å². The van der Waals surface area contributed by atoms with Crippen molar-refractivity contribution in [2.75, 3.05) is 53.7 Å². The second kappa shape index (κ2) is 12.6. The maximum atomic E-state index is 5.72. The molecule has 1 aliphatic heterocycles. The molecule has 1 heterocycles. The molecule has 2 atom stereocenters. The molecular formula is C21H35N3O3. The SMILES string of the molecule is CN=C(NCCCOCC1CCOC1)NCCC(C)c1ccc(OC)cc1. The monoisotopic (exact) mass is 377 g/mol. The molecule has 2 unspecified atom stereocenters. The Balaban J connectivity index is 1.53. The third-order valence-electron chi connectivity index (χ3n) is 4.91. The molecule has 6 nitrogen and oxygen atoms in total. The number of rotatable bonds is 11. The van der Waals surface area contributed by atoms with Gasteiger partial charge in [-0.15, -0.1) is 0 Å². The second-order valence-corrected chi connectivity index (χ2v) is 7.05. The Morgan fingerprint density at radius 2 is 2.04 bits per heavy atom. The predicted octanol–water partition coefficient (Wildman–Crippen LogP) is 2.80. The summed E-state index contributed by atoms with van der Waals surface area (Å²) in [7, 11) is 3.50. The van der Waals surface area contributed by atoms with Crippen LogP contribution >= 0.6 is 0 Å². The fraction of sp³-hybridized carbons (Fsp3) is 0.667. The molecule has 0 spiro atoms. The average Bonchev–Trinajstić information content (AvgIpc) is 3.22. The van der Waals surface area contributed by atoms with Crippen LogP contribution < -0.4 is 15.4 Å². The van der Waals surface area contributed by atoms with E-state index < -0.39 is 0 Å². The number of nitrogens with zero attached hydrogens (tertiary/aromatic N) is 1. The molecule has 0 aliphatic carbocycles. The maximum Gasteiger partial charge on any atom is 0.190 e. The van der Waals surface area contributed by atoms with Gasteiger partial charge in [0.05, 0.1) is 20.3 Å². The fourth-order valence-electron chi connectivity index (χ4n) is 3.07. The van der Waals surface area contributed by atoms with Gasteiger partial charge in [0.15, 0.2) is 5.96 Å². The summed E-state index contributed by atoms with van der Waals surface area (Å²) in [6.07, 6.45) is 3.14. The summed E-state index contributed by atoms with van der Waals surface area (Å²) < 4.78 is 16.3. The molecule has 152 valence electrons. The van der Waals surface area contributed by atoms with Gasteiger partial charge in [0.2, 0.25) is 0 Å². The van der Waals surface area contributed by atoms with Crippen molar-refractivity contribution in [3.05, 3.63) is 29.8 Å². The molecule has 0 amide bonds. The van der Waals surface area contributed by atoms with Crippen LogP contribution in [0.1, 0.15) is 37.7 Å². The topological polar surface area (TPSA) is 64.1 Å². The van der Waals surface area contributed by atoms with Gasteiger partial charge in [-0.3, -0.25) is 4.99 Å². The third-order valence-corrected chi connectivity index (χ3v) is 4.91. The van der Waals surface area contributed by atoms with E-state index in [-0.39, 0.29) is 0 Å². The first kappa shape index (κ1) is 21.5. The Labute approximate surface area is 163 Å². The van der Waals surface area contributed by atoms with Crippen LogP contribution in [0.5, 0.6) is 5.75 Å². The summed E-state index contributed by atoms with van der Waals surface area (Å²) in [5, 5.41) is 6.73. The van der Waals surface area contributed by atoms with E-state index in [4.69, 9.17) is 14.2 Å². The molecule has 1 aliphatic rings. The van der Waals surface area contributed by atoms with Crippen molar-refractivity contribution in [2.24, 2.45) is 10.9 Å². The highest BCUT2D eigenvalue weighted by Gasteiger charge is 2.15. The zero-order chi connectivity index (χ0) is 19.3. The van der Waals surface area contributed by atoms with Gasteiger partial charge in [0.1, 0.15) is 5.75 Å². The Kier molecular flexibility index (Phi) is 10.0. The van der Waals surface area contributed by atoms with Gasteiger partial charge in [0, 0.05) is 39.3 Å². The number of nitrogens with one attached hydrogen (secondary N) is 2. The summed E-state index contributed by atoms with van der Waals surface area (Å²) in [5.74, 6) is 2.81. The first-order valence-electron chi connectivity index (χ1n) is 9.97. The smallest absolute Gasteiger partial charge is 0.190 e. The second-order valence-electron chi connectivity index (χ2n) is 7.05. The van der Waals surface area contributed by atoms with E-state index in [9.17, 15) is 0 Å². The van der Waals surface area contributed by atoms with Crippen molar-refractivity contribution in [2.45, 2.75) is 32.1 Å². The molecule has 0 bridgehead atoms. The molecule has 1 fully saturated rings. The molecule has 0 saturated carbocycles.